The molecule has 0 saturated carbocycles. The number of hydrogen-bond donors (Lipinski definition) is 0. The minimum absolute atomic E-state index is 0.210. The number of carbonyl (C=O) groups excluding carboxylic acids is 1. The van der Waals surface area contributed by atoms with Gasteiger partial charge in [-0.05, 0) is 40.5 Å². The third kappa shape index (κ3) is 4.86. The summed E-state index contributed by atoms with van der Waals surface area (Å²) in [5.41, 5.74) is -0.563. The Morgan fingerprint density at radius 1 is 1.37 bits per heavy atom. The maximum Gasteiger partial charge on any atom is 0.410 e. The van der Waals surface area contributed by atoms with Crippen LogP contribution in [0.1, 0.15) is 40.5 Å². The van der Waals surface area contributed by atoms with Gasteiger partial charge in [0.1, 0.15) is 5.60 Å². The molecule has 0 bridgehead atoms. The van der Waals surface area contributed by atoms with Crippen LogP contribution in [0.4, 0.5) is 4.79 Å². The molecule has 1 atom stereocenters. The smallest absolute Gasteiger partial charge is 0.410 e. The molecule has 1 heterocycles. The molecule has 1 fully saturated rings. The fourth-order valence-corrected chi connectivity index (χ4v) is 3.48. The summed E-state index contributed by atoms with van der Waals surface area (Å²) in [4.78, 5) is 13.4. The van der Waals surface area contributed by atoms with Crippen LogP contribution in [0.3, 0.4) is 0 Å². The highest BCUT2D eigenvalue weighted by Crippen LogP contribution is 2.20. The quantitative estimate of drug-likeness (QED) is 0.782. The molecule has 0 aliphatic carbocycles. The zero-order valence-electron chi connectivity index (χ0n) is 12.0. The molecule has 6 heteroatoms. The summed E-state index contributed by atoms with van der Waals surface area (Å²) in [5, 5.41) is 0.695. The molecule has 1 aliphatic rings. The number of hydrogen-bond acceptors (Lipinski definition) is 4. The van der Waals surface area contributed by atoms with E-state index in [0.29, 0.717) is 19.4 Å². The van der Waals surface area contributed by atoms with Crippen molar-refractivity contribution in [3.63, 3.8) is 0 Å². The summed E-state index contributed by atoms with van der Waals surface area (Å²) in [5.74, 6) is 0. The Morgan fingerprint density at radius 3 is 2.53 bits per heavy atom. The van der Waals surface area contributed by atoms with Crippen LogP contribution in [0.5, 0.6) is 0 Å². The minimum atomic E-state index is -3.27. The van der Waals surface area contributed by atoms with Crippen molar-refractivity contribution >= 4 is 15.9 Å². The fraction of sp³-hybridized carbons (Fsp3) is 0.769. The molecule has 0 N–H and O–H groups in total. The van der Waals surface area contributed by atoms with Crippen LogP contribution in [-0.4, -0.2) is 43.4 Å². The number of allylic oxidation sites excluding steroid dienone is 1. The van der Waals surface area contributed by atoms with Crippen molar-refractivity contribution in [2.45, 2.75) is 51.4 Å². The Labute approximate surface area is 115 Å². The molecule has 5 nitrogen and oxygen atoms in total. The zero-order chi connectivity index (χ0) is 14.7. The van der Waals surface area contributed by atoms with Gasteiger partial charge in [-0.25, -0.2) is 13.2 Å². The molecular formula is C13H23NO4S. The van der Waals surface area contributed by atoms with Gasteiger partial charge in [0.05, 0.1) is 5.25 Å². The number of likely N-dealkylation sites (tertiary alicyclic amines) is 1. The zero-order valence-corrected chi connectivity index (χ0v) is 12.9. The second-order valence-electron chi connectivity index (χ2n) is 5.75. The lowest BCUT2D eigenvalue weighted by atomic mass is 10.1. The van der Waals surface area contributed by atoms with Crippen LogP contribution in [0.25, 0.3) is 0 Å². The predicted octanol–water partition coefficient (Wildman–Crippen LogP) is 2.33. The topological polar surface area (TPSA) is 63.7 Å². The number of ether oxygens (including phenoxy) is 1. The van der Waals surface area contributed by atoms with Crippen LogP contribution in [0.15, 0.2) is 11.5 Å². The van der Waals surface area contributed by atoms with Crippen molar-refractivity contribution in [1.29, 1.82) is 0 Å². The molecule has 0 aromatic rings. The average Bonchev–Trinajstić information content (AvgIpc) is 2.27. The third-order valence-electron chi connectivity index (χ3n) is 2.82. The number of rotatable bonds is 2. The number of sulfone groups is 1. The van der Waals surface area contributed by atoms with Gasteiger partial charge < -0.3 is 9.64 Å². The van der Waals surface area contributed by atoms with Crippen LogP contribution < -0.4 is 0 Å². The van der Waals surface area contributed by atoms with Crippen molar-refractivity contribution in [1.82, 2.24) is 4.90 Å². The molecule has 1 rings (SSSR count). The van der Waals surface area contributed by atoms with Crippen molar-refractivity contribution in [2.24, 2.45) is 0 Å². The minimum Gasteiger partial charge on any atom is -0.444 e. The molecule has 0 radical (unpaired) electrons. The van der Waals surface area contributed by atoms with E-state index in [9.17, 15) is 13.2 Å². The van der Waals surface area contributed by atoms with Gasteiger partial charge in [-0.15, -0.1) is 0 Å². The second kappa shape index (κ2) is 5.94. The van der Waals surface area contributed by atoms with Crippen LogP contribution in [0.2, 0.25) is 0 Å². The van der Waals surface area contributed by atoms with E-state index in [-0.39, 0.29) is 6.54 Å². The lowest BCUT2D eigenvalue weighted by Gasteiger charge is -2.33. The highest BCUT2D eigenvalue weighted by Gasteiger charge is 2.33. The molecule has 110 valence electrons. The predicted molar refractivity (Wildman–Crippen MR) is 74.6 cm³/mol. The van der Waals surface area contributed by atoms with E-state index in [1.165, 1.54) is 16.4 Å². The average molecular weight is 289 g/mol. The molecule has 1 aliphatic heterocycles. The van der Waals surface area contributed by atoms with E-state index in [4.69, 9.17) is 4.74 Å². The summed E-state index contributed by atoms with van der Waals surface area (Å²) in [6.07, 6.45) is 2.35. The first-order chi connectivity index (χ1) is 8.65. The van der Waals surface area contributed by atoms with Gasteiger partial charge in [0, 0.05) is 18.5 Å². The largest absolute Gasteiger partial charge is 0.444 e. The highest BCUT2D eigenvalue weighted by atomic mass is 32.2. The molecule has 0 spiro atoms. The van der Waals surface area contributed by atoms with Crippen LogP contribution in [-0.2, 0) is 14.6 Å². The van der Waals surface area contributed by atoms with Crippen LogP contribution >= 0.6 is 0 Å². The molecule has 0 aromatic heterocycles. The SMILES string of the molecule is C/C=C/S(=O)(=O)C1CCCN(C(=O)OC(C)(C)C)C1. The summed E-state index contributed by atoms with van der Waals surface area (Å²) >= 11 is 0. The fourth-order valence-electron chi connectivity index (χ4n) is 2.00. The molecule has 19 heavy (non-hydrogen) atoms. The summed E-state index contributed by atoms with van der Waals surface area (Å²) in [6, 6.07) is 0. The maximum atomic E-state index is 12.0. The molecule has 1 amide bonds. The van der Waals surface area contributed by atoms with Gasteiger partial charge in [-0.1, -0.05) is 6.08 Å². The Morgan fingerprint density at radius 2 is 2.00 bits per heavy atom. The summed E-state index contributed by atoms with van der Waals surface area (Å²) in [6.45, 7) is 7.82. The molecular weight excluding hydrogens is 266 g/mol. The normalized spacial score (nSPS) is 21.7. The first kappa shape index (κ1) is 16.0. The monoisotopic (exact) mass is 289 g/mol. The van der Waals surface area contributed by atoms with Crippen molar-refractivity contribution in [3.8, 4) is 0 Å². The van der Waals surface area contributed by atoms with E-state index < -0.39 is 26.8 Å². The van der Waals surface area contributed by atoms with E-state index in [1.807, 2.05) is 0 Å². The lowest BCUT2D eigenvalue weighted by Crippen LogP contribution is -2.46. The number of piperidine rings is 1. The van der Waals surface area contributed by atoms with Gasteiger partial charge in [0.15, 0.2) is 9.84 Å². The van der Waals surface area contributed by atoms with Gasteiger partial charge in [0.2, 0.25) is 0 Å². The Balaban J connectivity index is 2.73. The number of carbonyl (C=O) groups is 1. The maximum absolute atomic E-state index is 12.0. The van der Waals surface area contributed by atoms with E-state index in [1.54, 1.807) is 27.7 Å². The molecule has 1 unspecified atom stereocenters. The van der Waals surface area contributed by atoms with Crippen molar-refractivity contribution in [3.05, 3.63) is 11.5 Å². The number of amides is 1. The van der Waals surface area contributed by atoms with Gasteiger partial charge in [-0.3, -0.25) is 0 Å². The third-order valence-corrected chi connectivity index (χ3v) is 4.79. The first-order valence-corrected chi connectivity index (χ1v) is 8.11. The van der Waals surface area contributed by atoms with E-state index >= 15 is 0 Å². The Kier molecular flexibility index (Phi) is 5.01. The van der Waals surface area contributed by atoms with Gasteiger partial charge in [-0.2, -0.15) is 0 Å². The highest BCUT2D eigenvalue weighted by molar-refractivity contribution is 7.94. The molecule has 1 saturated heterocycles. The van der Waals surface area contributed by atoms with Crippen LogP contribution in [0, 0.1) is 0 Å². The van der Waals surface area contributed by atoms with Crippen molar-refractivity contribution < 1.29 is 17.9 Å². The lowest BCUT2D eigenvalue weighted by molar-refractivity contribution is 0.0219. The van der Waals surface area contributed by atoms with Gasteiger partial charge >= 0.3 is 6.09 Å². The molecule has 0 aromatic carbocycles. The second-order valence-corrected chi connectivity index (χ2v) is 7.87. The Bertz CT molecular complexity index is 448. The number of nitrogens with zero attached hydrogens (tertiary/aromatic N) is 1. The first-order valence-electron chi connectivity index (χ1n) is 6.50. The van der Waals surface area contributed by atoms with E-state index in [0.717, 1.165) is 0 Å². The van der Waals surface area contributed by atoms with Gasteiger partial charge in [0.25, 0.3) is 0 Å². The summed E-state index contributed by atoms with van der Waals surface area (Å²) in [7, 11) is -3.27. The van der Waals surface area contributed by atoms with E-state index in [2.05, 4.69) is 0 Å². The summed E-state index contributed by atoms with van der Waals surface area (Å²) < 4.78 is 29.2. The standard InChI is InChI=1S/C13H23NO4S/c1-5-9-19(16,17)11-7-6-8-14(10-11)12(15)18-13(2,3)4/h5,9,11H,6-8,10H2,1-4H3/b9-5+. The Hall–Kier alpha value is -1.04. The van der Waals surface area contributed by atoms with Crippen molar-refractivity contribution in [2.75, 3.05) is 13.1 Å².